The molecule has 1 amide bonds. The summed E-state index contributed by atoms with van der Waals surface area (Å²) < 4.78 is 12.9. The molecule has 0 bridgehead atoms. The molecule has 1 aliphatic carbocycles. The molecule has 0 aromatic heterocycles. The number of carbonyl (C=O) groups excluding carboxylic acids is 1. The van der Waals surface area contributed by atoms with Crippen LogP contribution in [0.5, 0.6) is 0 Å². The minimum atomic E-state index is -0.781. The van der Waals surface area contributed by atoms with Gasteiger partial charge in [0.05, 0.1) is 16.5 Å². The maximum absolute atomic E-state index is 12.9. The Morgan fingerprint density at radius 1 is 1.25 bits per heavy atom. The Morgan fingerprint density at radius 2 is 1.90 bits per heavy atom. The number of rotatable bonds is 3. The molecule has 20 heavy (non-hydrogen) atoms. The number of aliphatic carboxylic acids is 1. The van der Waals surface area contributed by atoms with Crippen LogP contribution >= 0.6 is 11.6 Å². The monoisotopic (exact) mass is 299 g/mol. The Labute approximate surface area is 120 Å². The van der Waals surface area contributed by atoms with Crippen LogP contribution in [0.2, 0.25) is 5.02 Å². The fourth-order valence-corrected chi connectivity index (χ4v) is 2.67. The van der Waals surface area contributed by atoms with E-state index in [2.05, 4.69) is 5.32 Å². The molecule has 0 spiro atoms. The van der Waals surface area contributed by atoms with E-state index in [1.807, 2.05) is 0 Å². The van der Waals surface area contributed by atoms with Crippen LogP contribution in [0.4, 0.5) is 4.39 Å². The summed E-state index contributed by atoms with van der Waals surface area (Å²) in [4.78, 5) is 22.9. The van der Waals surface area contributed by atoms with Gasteiger partial charge < -0.3 is 10.4 Å². The van der Waals surface area contributed by atoms with E-state index in [9.17, 15) is 14.0 Å². The fraction of sp³-hybridized carbons (Fsp3) is 0.429. The molecule has 1 aromatic carbocycles. The third kappa shape index (κ3) is 3.48. The minimum absolute atomic E-state index is 0.0563. The molecule has 0 radical (unpaired) electrons. The van der Waals surface area contributed by atoms with Gasteiger partial charge in [-0.25, -0.2) is 4.39 Å². The van der Waals surface area contributed by atoms with Crippen LogP contribution in [0.15, 0.2) is 18.2 Å². The van der Waals surface area contributed by atoms with E-state index >= 15 is 0 Å². The lowest BCUT2D eigenvalue weighted by Crippen LogP contribution is -2.38. The van der Waals surface area contributed by atoms with Gasteiger partial charge in [-0.05, 0) is 43.9 Å². The molecule has 1 saturated carbocycles. The Morgan fingerprint density at radius 3 is 2.45 bits per heavy atom. The normalized spacial score (nSPS) is 22.3. The highest BCUT2D eigenvalue weighted by atomic mass is 35.5. The number of amides is 1. The number of carboxylic acids is 1. The predicted octanol–water partition coefficient (Wildman–Crippen LogP) is 2.85. The van der Waals surface area contributed by atoms with Crippen molar-refractivity contribution in [1.82, 2.24) is 5.32 Å². The fourth-order valence-electron chi connectivity index (χ4n) is 2.42. The number of hydrogen-bond acceptors (Lipinski definition) is 2. The summed E-state index contributed by atoms with van der Waals surface area (Å²) in [6.07, 6.45) is 2.36. The largest absolute Gasteiger partial charge is 0.481 e. The second-order valence-corrected chi connectivity index (χ2v) is 5.39. The first-order valence-electron chi connectivity index (χ1n) is 6.46. The maximum atomic E-state index is 12.9. The standard InChI is InChI=1S/C14H15ClFNO3/c15-12-7-9(16)3-6-11(12)13(18)17-10-4-1-8(2-5-10)14(19)20/h3,6-8,10H,1-2,4-5H2,(H,17,18)(H,19,20). The highest BCUT2D eigenvalue weighted by Gasteiger charge is 2.27. The molecule has 6 heteroatoms. The first kappa shape index (κ1) is 14.8. The van der Waals surface area contributed by atoms with Gasteiger partial charge in [-0.2, -0.15) is 0 Å². The second kappa shape index (κ2) is 6.22. The van der Waals surface area contributed by atoms with Gasteiger partial charge in [0.2, 0.25) is 0 Å². The van der Waals surface area contributed by atoms with Gasteiger partial charge in [-0.1, -0.05) is 11.6 Å². The van der Waals surface area contributed by atoms with Crippen molar-refractivity contribution < 1.29 is 19.1 Å². The van der Waals surface area contributed by atoms with E-state index in [0.29, 0.717) is 25.7 Å². The van der Waals surface area contributed by atoms with Crippen molar-refractivity contribution in [3.8, 4) is 0 Å². The smallest absolute Gasteiger partial charge is 0.306 e. The number of halogens is 2. The van der Waals surface area contributed by atoms with Crippen molar-refractivity contribution in [2.24, 2.45) is 5.92 Å². The summed E-state index contributed by atoms with van der Waals surface area (Å²) in [5.41, 5.74) is 0.230. The van der Waals surface area contributed by atoms with Crippen molar-refractivity contribution in [2.45, 2.75) is 31.7 Å². The number of carboxylic acid groups (broad SMARTS) is 1. The lowest BCUT2D eigenvalue weighted by atomic mass is 9.86. The van der Waals surface area contributed by atoms with Crippen molar-refractivity contribution in [2.75, 3.05) is 0 Å². The van der Waals surface area contributed by atoms with Gasteiger partial charge in [0.1, 0.15) is 5.82 Å². The van der Waals surface area contributed by atoms with Gasteiger partial charge >= 0.3 is 5.97 Å². The van der Waals surface area contributed by atoms with E-state index in [4.69, 9.17) is 16.7 Å². The topological polar surface area (TPSA) is 66.4 Å². The molecule has 0 unspecified atom stereocenters. The van der Waals surface area contributed by atoms with Crippen LogP contribution in [0, 0.1) is 11.7 Å². The maximum Gasteiger partial charge on any atom is 0.306 e. The molecule has 0 saturated heterocycles. The van der Waals surface area contributed by atoms with Crippen LogP contribution in [0.25, 0.3) is 0 Å². The van der Waals surface area contributed by atoms with Gasteiger partial charge in [-0.3, -0.25) is 9.59 Å². The summed E-state index contributed by atoms with van der Waals surface area (Å²) in [6.45, 7) is 0. The second-order valence-electron chi connectivity index (χ2n) is 4.98. The van der Waals surface area contributed by atoms with Crippen LogP contribution < -0.4 is 5.32 Å². The first-order valence-corrected chi connectivity index (χ1v) is 6.84. The van der Waals surface area contributed by atoms with E-state index in [0.717, 1.165) is 6.07 Å². The molecular weight excluding hydrogens is 285 g/mol. The zero-order chi connectivity index (χ0) is 14.7. The zero-order valence-electron chi connectivity index (χ0n) is 10.7. The first-order chi connectivity index (χ1) is 9.47. The molecule has 1 fully saturated rings. The van der Waals surface area contributed by atoms with E-state index < -0.39 is 11.8 Å². The van der Waals surface area contributed by atoms with Gasteiger partial charge in [0, 0.05) is 6.04 Å². The van der Waals surface area contributed by atoms with Crippen molar-refractivity contribution in [1.29, 1.82) is 0 Å². The Balaban J connectivity index is 1.94. The summed E-state index contributed by atoms with van der Waals surface area (Å²) in [5.74, 6) is -1.95. The molecule has 0 heterocycles. The van der Waals surface area contributed by atoms with Crippen molar-refractivity contribution in [3.63, 3.8) is 0 Å². The van der Waals surface area contributed by atoms with Crippen molar-refractivity contribution in [3.05, 3.63) is 34.6 Å². The Kier molecular flexibility index (Phi) is 4.60. The van der Waals surface area contributed by atoms with E-state index in [1.165, 1.54) is 12.1 Å². The van der Waals surface area contributed by atoms with Gasteiger partial charge in [0.15, 0.2) is 0 Å². The summed E-state index contributed by atoms with van der Waals surface area (Å²) in [5, 5.41) is 11.8. The predicted molar refractivity (Wildman–Crippen MR) is 72.3 cm³/mol. The number of carbonyl (C=O) groups is 2. The molecule has 0 atom stereocenters. The third-order valence-electron chi connectivity index (χ3n) is 3.59. The average molecular weight is 300 g/mol. The third-order valence-corrected chi connectivity index (χ3v) is 3.90. The lowest BCUT2D eigenvalue weighted by molar-refractivity contribution is -0.142. The number of nitrogens with one attached hydrogen (secondary N) is 1. The highest BCUT2D eigenvalue weighted by molar-refractivity contribution is 6.33. The molecule has 4 nitrogen and oxygen atoms in total. The molecular formula is C14H15ClFNO3. The molecule has 1 aromatic rings. The molecule has 2 N–H and O–H groups in total. The highest BCUT2D eigenvalue weighted by Crippen LogP contribution is 2.25. The number of hydrogen-bond donors (Lipinski definition) is 2. The van der Waals surface area contributed by atoms with E-state index in [-0.39, 0.29) is 28.5 Å². The van der Waals surface area contributed by atoms with Crippen LogP contribution in [-0.4, -0.2) is 23.0 Å². The Bertz CT molecular complexity index is 527. The van der Waals surface area contributed by atoms with Crippen LogP contribution in [-0.2, 0) is 4.79 Å². The van der Waals surface area contributed by atoms with Crippen LogP contribution in [0.1, 0.15) is 36.0 Å². The molecule has 108 valence electrons. The summed E-state index contributed by atoms with van der Waals surface area (Å²) in [6, 6.07) is 3.56. The Hall–Kier alpha value is -1.62. The quantitative estimate of drug-likeness (QED) is 0.902. The lowest BCUT2D eigenvalue weighted by Gasteiger charge is -2.26. The number of benzene rings is 1. The zero-order valence-corrected chi connectivity index (χ0v) is 11.5. The summed E-state index contributed by atoms with van der Waals surface area (Å²) in [7, 11) is 0. The molecule has 1 aliphatic rings. The molecule has 0 aliphatic heterocycles. The SMILES string of the molecule is O=C(NC1CCC(C(=O)O)CC1)c1ccc(F)cc1Cl. The van der Waals surface area contributed by atoms with Gasteiger partial charge in [-0.15, -0.1) is 0 Å². The van der Waals surface area contributed by atoms with Crippen molar-refractivity contribution >= 4 is 23.5 Å². The van der Waals surface area contributed by atoms with Gasteiger partial charge in [0.25, 0.3) is 5.91 Å². The van der Waals surface area contributed by atoms with Crippen LogP contribution in [0.3, 0.4) is 0 Å². The van der Waals surface area contributed by atoms with E-state index in [1.54, 1.807) is 0 Å². The molecule has 2 rings (SSSR count). The minimum Gasteiger partial charge on any atom is -0.481 e. The average Bonchev–Trinajstić information content (AvgIpc) is 2.39. The summed E-state index contributed by atoms with van der Waals surface area (Å²) >= 11 is 5.83.